The number of nitrogens with one attached hydrogen (secondary N) is 1. The molecule has 0 spiro atoms. The molecule has 0 atom stereocenters. The summed E-state index contributed by atoms with van der Waals surface area (Å²) in [6.45, 7) is 6.39. The Morgan fingerprint density at radius 3 is 2.90 bits per heavy atom. The summed E-state index contributed by atoms with van der Waals surface area (Å²) in [5, 5.41) is 13.3. The van der Waals surface area contributed by atoms with E-state index in [-0.39, 0.29) is 5.82 Å². The summed E-state index contributed by atoms with van der Waals surface area (Å²) in [5.41, 5.74) is 0.506. The summed E-state index contributed by atoms with van der Waals surface area (Å²) >= 11 is 4.82. The highest BCUT2D eigenvalue weighted by Gasteiger charge is 2.11. The van der Waals surface area contributed by atoms with Gasteiger partial charge in [0.15, 0.2) is 5.01 Å². The predicted octanol–water partition coefficient (Wildman–Crippen LogP) is 4.28. The van der Waals surface area contributed by atoms with Gasteiger partial charge in [0.2, 0.25) is 0 Å². The summed E-state index contributed by atoms with van der Waals surface area (Å²) in [5.74, 6) is 0.400. The monoisotopic (exact) mass is 371 g/mol. The van der Waals surface area contributed by atoms with Crippen LogP contribution in [0.1, 0.15) is 25.3 Å². The highest BCUT2D eigenvalue weighted by Crippen LogP contribution is 2.29. The lowest BCUT2D eigenvalue weighted by Crippen LogP contribution is -2.21. The average molecular weight is 372 g/mol. The standard InChI is InChI=1S/C15H19BrFN3S/c1-10(2)9-18-7-3-4-14-19-20-15(21-14)12-8-11(16)5-6-13(12)17/h5-6,8,10,18H,3-4,7,9H2,1-2H3. The Hall–Kier alpha value is -0.850. The van der Waals surface area contributed by atoms with Gasteiger partial charge in [-0.2, -0.15) is 0 Å². The van der Waals surface area contributed by atoms with Crippen LogP contribution in [0.3, 0.4) is 0 Å². The van der Waals surface area contributed by atoms with Gasteiger partial charge in [0.25, 0.3) is 0 Å². The molecule has 0 unspecified atom stereocenters. The minimum absolute atomic E-state index is 0.264. The minimum atomic E-state index is -0.264. The number of rotatable bonds is 7. The van der Waals surface area contributed by atoms with Crippen molar-refractivity contribution in [2.24, 2.45) is 5.92 Å². The number of nitrogens with zero attached hydrogens (tertiary/aromatic N) is 2. The van der Waals surface area contributed by atoms with Crippen LogP contribution < -0.4 is 5.32 Å². The molecule has 1 heterocycles. The van der Waals surface area contributed by atoms with E-state index < -0.39 is 0 Å². The third kappa shape index (κ3) is 5.13. The van der Waals surface area contributed by atoms with Crippen LogP contribution in [0.15, 0.2) is 22.7 Å². The van der Waals surface area contributed by atoms with Crippen molar-refractivity contribution in [1.29, 1.82) is 0 Å². The molecule has 0 aliphatic carbocycles. The molecule has 3 nitrogen and oxygen atoms in total. The summed E-state index contributed by atoms with van der Waals surface area (Å²) in [6, 6.07) is 4.86. The molecule has 0 radical (unpaired) electrons. The SMILES string of the molecule is CC(C)CNCCCc1nnc(-c2cc(Br)ccc2F)s1. The largest absolute Gasteiger partial charge is 0.316 e. The fraction of sp³-hybridized carbons (Fsp3) is 0.467. The highest BCUT2D eigenvalue weighted by atomic mass is 79.9. The lowest BCUT2D eigenvalue weighted by atomic mass is 10.2. The Morgan fingerprint density at radius 1 is 1.33 bits per heavy atom. The van der Waals surface area contributed by atoms with E-state index in [4.69, 9.17) is 0 Å². The molecule has 0 aliphatic heterocycles. The Morgan fingerprint density at radius 2 is 2.14 bits per heavy atom. The van der Waals surface area contributed by atoms with Crippen molar-refractivity contribution in [3.05, 3.63) is 33.5 Å². The van der Waals surface area contributed by atoms with E-state index in [2.05, 4.69) is 45.3 Å². The molecular formula is C15H19BrFN3S. The van der Waals surface area contributed by atoms with Gasteiger partial charge in [0.05, 0.1) is 0 Å². The number of benzene rings is 1. The number of aryl methyl sites for hydroxylation is 1. The third-order valence-corrected chi connectivity index (χ3v) is 4.43. The number of hydrogen-bond acceptors (Lipinski definition) is 4. The molecule has 0 fully saturated rings. The zero-order valence-corrected chi connectivity index (χ0v) is 14.6. The summed E-state index contributed by atoms with van der Waals surface area (Å²) in [4.78, 5) is 0. The van der Waals surface area contributed by atoms with Crippen LogP contribution in [0.5, 0.6) is 0 Å². The van der Waals surface area contributed by atoms with Crippen LogP contribution in [-0.2, 0) is 6.42 Å². The van der Waals surface area contributed by atoms with E-state index in [1.807, 2.05) is 0 Å². The lowest BCUT2D eigenvalue weighted by Gasteiger charge is -2.05. The van der Waals surface area contributed by atoms with Crippen molar-refractivity contribution in [3.63, 3.8) is 0 Å². The zero-order valence-electron chi connectivity index (χ0n) is 12.2. The fourth-order valence-corrected chi connectivity index (χ4v) is 3.14. The Bertz CT molecular complexity index is 586. The molecule has 21 heavy (non-hydrogen) atoms. The van der Waals surface area contributed by atoms with Crippen molar-refractivity contribution in [2.75, 3.05) is 13.1 Å². The molecule has 1 N–H and O–H groups in total. The molecule has 6 heteroatoms. The van der Waals surface area contributed by atoms with Gasteiger partial charge < -0.3 is 5.32 Å². The number of aromatic nitrogens is 2. The van der Waals surface area contributed by atoms with Crippen LogP contribution >= 0.6 is 27.3 Å². The van der Waals surface area contributed by atoms with E-state index in [1.54, 1.807) is 12.1 Å². The van der Waals surface area contributed by atoms with Gasteiger partial charge in [-0.3, -0.25) is 0 Å². The van der Waals surface area contributed by atoms with Gasteiger partial charge in [-0.25, -0.2) is 4.39 Å². The average Bonchev–Trinajstić information content (AvgIpc) is 2.89. The highest BCUT2D eigenvalue weighted by molar-refractivity contribution is 9.10. The van der Waals surface area contributed by atoms with Gasteiger partial charge in [-0.1, -0.05) is 41.1 Å². The van der Waals surface area contributed by atoms with Crippen molar-refractivity contribution in [2.45, 2.75) is 26.7 Å². The summed E-state index contributed by atoms with van der Waals surface area (Å²) < 4.78 is 14.6. The van der Waals surface area contributed by atoms with Crippen LogP contribution in [0.2, 0.25) is 0 Å². The first-order valence-electron chi connectivity index (χ1n) is 7.05. The van der Waals surface area contributed by atoms with Crippen LogP contribution in [0.25, 0.3) is 10.6 Å². The lowest BCUT2D eigenvalue weighted by molar-refractivity contribution is 0.542. The Labute approximate surface area is 137 Å². The maximum atomic E-state index is 13.8. The van der Waals surface area contributed by atoms with E-state index in [9.17, 15) is 4.39 Å². The minimum Gasteiger partial charge on any atom is -0.316 e. The summed E-state index contributed by atoms with van der Waals surface area (Å²) in [7, 11) is 0. The topological polar surface area (TPSA) is 37.8 Å². The Balaban J connectivity index is 1.91. The number of halogens is 2. The molecule has 1 aromatic heterocycles. The van der Waals surface area contributed by atoms with Crippen LogP contribution in [0, 0.1) is 11.7 Å². The fourth-order valence-electron chi connectivity index (χ4n) is 1.88. The molecule has 1 aromatic carbocycles. The maximum Gasteiger partial charge on any atom is 0.150 e. The second-order valence-corrected chi connectivity index (χ2v) is 7.30. The molecule has 0 amide bonds. The smallest absolute Gasteiger partial charge is 0.150 e. The van der Waals surface area contributed by atoms with Gasteiger partial charge in [0.1, 0.15) is 10.8 Å². The molecule has 0 saturated carbocycles. The first-order valence-corrected chi connectivity index (χ1v) is 8.65. The third-order valence-electron chi connectivity index (χ3n) is 2.92. The molecule has 2 rings (SSSR count). The van der Waals surface area contributed by atoms with Crippen molar-refractivity contribution >= 4 is 27.3 Å². The van der Waals surface area contributed by atoms with E-state index in [0.717, 1.165) is 35.4 Å². The van der Waals surface area contributed by atoms with Crippen molar-refractivity contribution in [1.82, 2.24) is 15.5 Å². The molecule has 0 saturated heterocycles. The second-order valence-electron chi connectivity index (χ2n) is 5.33. The quantitative estimate of drug-likeness (QED) is 0.737. The van der Waals surface area contributed by atoms with E-state index in [1.165, 1.54) is 17.4 Å². The van der Waals surface area contributed by atoms with Gasteiger partial charge >= 0.3 is 0 Å². The van der Waals surface area contributed by atoms with E-state index in [0.29, 0.717) is 16.5 Å². The molecule has 2 aromatic rings. The molecular weight excluding hydrogens is 353 g/mol. The first kappa shape index (κ1) is 16.5. The predicted molar refractivity (Wildman–Crippen MR) is 89.0 cm³/mol. The van der Waals surface area contributed by atoms with Crippen LogP contribution in [-0.4, -0.2) is 23.3 Å². The molecule has 114 valence electrons. The zero-order chi connectivity index (χ0) is 15.2. The maximum absolute atomic E-state index is 13.8. The van der Waals surface area contributed by atoms with Crippen molar-refractivity contribution < 1.29 is 4.39 Å². The van der Waals surface area contributed by atoms with Crippen molar-refractivity contribution in [3.8, 4) is 10.6 Å². The van der Waals surface area contributed by atoms with Gasteiger partial charge in [0, 0.05) is 16.5 Å². The van der Waals surface area contributed by atoms with E-state index >= 15 is 0 Å². The van der Waals surface area contributed by atoms with Gasteiger partial charge in [-0.15, -0.1) is 10.2 Å². The molecule has 0 aliphatic rings. The summed E-state index contributed by atoms with van der Waals surface area (Å²) in [6.07, 6.45) is 1.89. The van der Waals surface area contributed by atoms with Gasteiger partial charge in [-0.05, 0) is 43.6 Å². The number of hydrogen-bond donors (Lipinski definition) is 1. The second kappa shape index (κ2) is 7.96. The Kier molecular flexibility index (Phi) is 6.26. The normalized spacial score (nSPS) is 11.3. The van der Waals surface area contributed by atoms with Crippen LogP contribution in [0.4, 0.5) is 4.39 Å². The first-order chi connectivity index (χ1) is 10.1. The molecule has 0 bridgehead atoms.